The molecule has 0 fully saturated rings. The molecule has 150 valence electrons. The highest BCUT2D eigenvalue weighted by Crippen LogP contribution is 2.38. The summed E-state index contributed by atoms with van der Waals surface area (Å²) in [6, 6.07) is 11.1. The van der Waals surface area contributed by atoms with E-state index in [1.165, 1.54) is 23.9 Å². The number of hydrogen-bond acceptors (Lipinski definition) is 5. The number of benzene rings is 2. The molecule has 6 nitrogen and oxygen atoms in total. The van der Waals surface area contributed by atoms with E-state index in [9.17, 15) is 9.18 Å². The molecular formula is C20H19ClFN5OS. The maximum atomic E-state index is 13.4. The summed E-state index contributed by atoms with van der Waals surface area (Å²) in [5.41, 5.74) is 5.58. The summed E-state index contributed by atoms with van der Waals surface area (Å²) in [5.74, 6) is 0.241. The smallest absolute Gasteiger partial charge is 0.240 e. The molecule has 0 saturated carbocycles. The molecule has 1 aliphatic heterocycles. The average Bonchev–Trinajstić information content (AvgIpc) is 3.13. The maximum absolute atomic E-state index is 13.4. The van der Waals surface area contributed by atoms with Gasteiger partial charge in [-0.05, 0) is 42.3 Å². The summed E-state index contributed by atoms with van der Waals surface area (Å²) in [5, 5.41) is 12.0. The van der Waals surface area contributed by atoms with Gasteiger partial charge in [0.15, 0.2) is 5.82 Å². The number of aryl methyl sites for hydroxylation is 1. The van der Waals surface area contributed by atoms with E-state index in [4.69, 9.17) is 11.6 Å². The molecule has 3 aromatic rings. The minimum Gasteiger partial charge on any atom is -0.325 e. The summed E-state index contributed by atoms with van der Waals surface area (Å²) in [6.45, 7) is 3.84. The number of nitrogens with zero attached hydrogens (tertiary/aromatic N) is 3. The summed E-state index contributed by atoms with van der Waals surface area (Å²) >= 11 is 7.51. The first kappa shape index (κ1) is 19.7. The molecule has 0 unspecified atom stereocenters. The van der Waals surface area contributed by atoms with Gasteiger partial charge in [0.05, 0.1) is 6.04 Å². The Morgan fingerprint density at radius 1 is 1.28 bits per heavy atom. The van der Waals surface area contributed by atoms with Gasteiger partial charge in [-0.15, -0.1) is 10.2 Å². The number of carbonyl (C=O) groups excluding carboxylic acids is 1. The topological polar surface area (TPSA) is 71.8 Å². The van der Waals surface area contributed by atoms with Crippen LogP contribution in [0.2, 0.25) is 5.02 Å². The van der Waals surface area contributed by atoms with Gasteiger partial charge in [-0.1, -0.05) is 48.5 Å². The van der Waals surface area contributed by atoms with Crippen LogP contribution in [0.15, 0.2) is 47.6 Å². The Balaban J connectivity index is 1.69. The predicted molar refractivity (Wildman–Crippen MR) is 112 cm³/mol. The number of nitrogens with one attached hydrogen (secondary N) is 2. The van der Waals surface area contributed by atoms with Crippen molar-refractivity contribution in [2.75, 3.05) is 10.7 Å². The lowest BCUT2D eigenvalue weighted by molar-refractivity contribution is -0.116. The first-order valence-corrected chi connectivity index (χ1v) is 10.4. The third kappa shape index (κ3) is 3.82. The fourth-order valence-corrected chi connectivity index (χ4v) is 4.47. The van der Waals surface area contributed by atoms with Crippen molar-refractivity contribution in [2.24, 2.45) is 0 Å². The molecule has 2 aromatic carbocycles. The van der Waals surface area contributed by atoms with Gasteiger partial charge < -0.3 is 10.7 Å². The molecule has 2 N–H and O–H groups in total. The zero-order valence-electron chi connectivity index (χ0n) is 15.8. The molecule has 1 amide bonds. The quantitative estimate of drug-likeness (QED) is 0.643. The Morgan fingerprint density at radius 2 is 2.03 bits per heavy atom. The second-order valence-corrected chi connectivity index (χ2v) is 8.20. The summed E-state index contributed by atoms with van der Waals surface area (Å²) in [4.78, 5) is 13.2. The van der Waals surface area contributed by atoms with Crippen LogP contribution in [0.3, 0.4) is 0 Å². The first-order valence-electron chi connectivity index (χ1n) is 9.17. The zero-order valence-corrected chi connectivity index (χ0v) is 17.4. The molecule has 0 aliphatic carbocycles. The number of carbonyl (C=O) groups is 1. The van der Waals surface area contributed by atoms with Crippen molar-refractivity contribution in [2.45, 2.75) is 36.7 Å². The van der Waals surface area contributed by atoms with E-state index in [1.54, 1.807) is 28.9 Å². The molecule has 0 spiro atoms. The van der Waals surface area contributed by atoms with E-state index < -0.39 is 11.3 Å². The molecule has 0 bridgehead atoms. The number of thioether (sulfide) groups is 1. The van der Waals surface area contributed by atoms with Crippen molar-refractivity contribution in [1.29, 1.82) is 0 Å². The van der Waals surface area contributed by atoms with Crippen molar-refractivity contribution >= 4 is 35.0 Å². The van der Waals surface area contributed by atoms with Crippen LogP contribution in [0, 0.1) is 12.7 Å². The second-order valence-electron chi connectivity index (χ2n) is 6.69. The molecule has 0 radical (unpaired) electrons. The minimum absolute atomic E-state index is 0.200. The Morgan fingerprint density at radius 3 is 2.76 bits per heavy atom. The number of amides is 1. The van der Waals surface area contributed by atoms with Crippen LogP contribution < -0.4 is 10.7 Å². The maximum Gasteiger partial charge on any atom is 0.240 e. The average molecular weight is 432 g/mol. The lowest BCUT2D eigenvalue weighted by Crippen LogP contribution is -2.41. The molecule has 29 heavy (non-hydrogen) atoms. The highest BCUT2D eigenvalue weighted by atomic mass is 35.5. The normalized spacial score (nSPS) is 18.1. The van der Waals surface area contributed by atoms with Crippen molar-refractivity contribution in [3.05, 3.63) is 70.3 Å². The Bertz CT molecular complexity index is 1060. The summed E-state index contributed by atoms with van der Waals surface area (Å²) < 4.78 is 15.2. The predicted octanol–water partition coefficient (Wildman–Crippen LogP) is 4.34. The number of halogens is 2. The van der Waals surface area contributed by atoms with Crippen LogP contribution in [0.25, 0.3) is 0 Å². The fraction of sp³-hybridized carbons (Fsp3) is 0.250. The van der Waals surface area contributed by atoms with Gasteiger partial charge in [-0.3, -0.25) is 4.79 Å². The molecule has 2 atom stereocenters. The van der Waals surface area contributed by atoms with Crippen LogP contribution in [-0.4, -0.2) is 26.0 Å². The third-order valence-corrected chi connectivity index (χ3v) is 6.46. The van der Waals surface area contributed by atoms with Crippen molar-refractivity contribution in [3.63, 3.8) is 0 Å². The standard InChI is InChI=1S/C20H19ClFN5OS/c1-3-16-24-25-20-27(16)26-17(12-7-9-13(22)10-8-12)18(29-20)19(28)23-15-6-4-5-14(21)11(15)2/h4-10,17-18,26H,3H2,1-2H3,(H,23,28)/t17-,18-/m1/s1. The number of rotatable bonds is 4. The van der Waals surface area contributed by atoms with Gasteiger partial charge in [0.1, 0.15) is 11.1 Å². The lowest BCUT2D eigenvalue weighted by Gasteiger charge is -2.33. The van der Waals surface area contributed by atoms with E-state index in [-0.39, 0.29) is 11.7 Å². The van der Waals surface area contributed by atoms with E-state index >= 15 is 0 Å². The number of fused-ring (bicyclic) bond motifs is 1. The molecule has 1 aromatic heterocycles. The molecule has 1 aliphatic rings. The van der Waals surface area contributed by atoms with Gasteiger partial charge in [0.2, 0.25) is 11.1 Å². The monoisotopic (exact) mass is 431 g/mol. The second kappa shape index (κ2) is 8.04. The van der Waals surface area contributed by atoms with Gasteiger partial charge >= 0.3 is 0 Å². The Labute approximate surface area is 176 Å². The van der Waals surface area contributed by atoms with Crippen LogP contribution in [0.4, 0.5) is 10.1 Å². The van der Waals surface area contributed by atoms with Crippen LogP contribution in [0.1, 0.15) is 29.9 Å². The van der Waals surface area contributed by atoms with Gasteiger partial charge in [0, 0.05) is 17.1 Å². The number of anilines is 1. The van der Waals surface area contributed by atoms with Gasteiger partial charge in [-0.2, -0.15) is 0 Å². The first-order chi connectivity index (χ1) is 14.0. The molecule has 9 heteroatoms. The highest BCUT2D eigenvalue weighted by molar-refractivity contribution is 8.00. The Kier molecular flexibility index (Phi) is 5.47. The molecular weight excluding hydrogens is 413 g/mol. The number of hydrogen-bond donors (Lipinski definition) is 2. The summed E-state index contributed by atoms with van der Waals surface area (Å²) in [7, 11) is 0. The molecule has 2 heterocycles. The van der Waals surface area contributed by atoms with E-state index in [1.807, 2.05) is 19.9 Å². The van der Waals surface area contributed by atoms with Crippen molar-refractivity contribution in [3.8, 4) is 0 Å². The van der Waals surface area contributed by atoms with Crippen LogP contribution >= 0.6 is 23.4 Å². The van der Waals surface area contributed by atoms with E-state index in [0.29, 0.717) is 22.3 Å². The zero-order chi connectivity index (χ0) is 20.5. The number of aromatic nitrogens is 3. The highest BCUT2D eigenvalue weighted by Gasteiger charge is 2.37. The van der Waals surface area contributed by atoms with Crippen LogP contribution in [0.5, 0.6) is 0 Å². The van der Waals surface area contributed by atoms with E-state index in [0.717, 1.165) is 17.0 Å². The lowest BCUT2D eigenvalue weighted by atomic mass is 10.0. The van der Waals surface area contributed by atoms with Crippen molar-refractivity contribution < 1.29 is 9.18 Å². The van der Waals surface area contributed by atoms with Gasteiger partial charge in [0.25, 0.3) is 0 Å². The minimum atomic E-state index is -0.541. The Hall–Kier alpha value is -2.58. The largest absolute Gasteiger partial charge is 0.325 e. The van der Waals surface area contributed by atoms with Gasteiger partial charge in [-0.25, -0.2) is 9.07 Å². The summed E-state index contributed by atoms with van der Waals surface area (Å²) in [6.07, 6.45) is 0.690. The van der Waals surface area contributed by atoms with Crippen molar-refractivity contribution in [1.82, 2.24) is 14.9 Å². The molecule has 0 saturated heterocycles. The van der Waals surface area contributed by atoms with E-state index in [2.05, 4.69) is 20.9 Å². The third-order valence-electron chi connectivity index (χ3n) is 4.83. The molecule has 4 rings (SSSR count). The van der Waals surface area contributed by atoms with Crippen LogP contribution in [-0.2, 0) is 11.2 Å². The fourth-order valence-electron chi connectivity index (χ4n) is 3.19. The SMILES string of the molecule is CCc1nnc2n1N[C@H](c1ccc(F)cc1)[C@H](C(=O)Nc1cccc(Cl)c1C)S2.